The van der Waals surface area contributed by atoms with Crippen LogP contribution < -0.4 is 5.32 Å². The van der Waals surface area contributed by atoms with Gasteiger partial charge in [0.15, 0.2) is 0 Å². The van der Waals surface area contributed by atoms with E-state index in [9.17, 15) is 13.6 Å². The lowest BCUT2D eigenvalue weighted by atomic mass is 10.2. The summed E-state index contributed by atoms with van der Waals surface area (Å²) < 4.78 is 25.9. The zero-order valence-electron chi connectivity index (χ0n) is 9.08. The van der Waals surface area contributed by atoms with Gasteiger partial charge < -0.3 is 5.32 Å². The number of carbonyl (C=O) groups is 1. The van der Waals surface area contributed by atoms with E-state index in [2.05, 4.69) is 5.32 Å². The van der Waals surface area contributed by atoms with Gasteiger partial charge in [0, 0.05) is 11.3 Å². The van der Waals surface area contributed by atoms with Crippen molar-refractivity contribution in [2.75, 3.05) is 5.32 Å². The lowest BCUT2D eigenvalue weighted by Crippen LogP contribution is -2.12. The molecule has 18 heavy (non-hydrogen) atoms. The van der Waals surface area contributed by atoms with Gasteiger partial charge in [-0.2, -0.15) is 0 Å². The first-order valence-corrected chi connectivity index (χ1v) is 5.46. The maximum Gasteiger partial charge on any atom is 0.255 e. The van der Waals surface area contributed by atoms with Gasteiger partial charge in [-0.25, -0.2) is 8.78 Å². The topological polar surface area (TPSA) is 29.1 Å². The average Bonchev–Trinajstić information content (AvgIpc) is 2.34. The van der Waals surface area contributed by atoms with Gasteiger partial charge in [-0.3, -0.25) is 4.79 Å². The Morgan fingerprint density at radius 1 is 1.11 bits per heavy atom. The molecule has 0 fully saturated rings. The summed E-state index contributed by atoms with van der Waals surface area (Å²) in [6, 6.07) is 9.06. The summed E-state index contributed by atoms with van der Waals surface area (Å²) in [4.78, 5) is 11.7. The molecule has 0 unspecified atom stereocenters. The van der Waals surface area contributed by atoms with Crippen LogP contribution in [0.15, 0.2) is 42.5 Å². The smallest absolute Gasteiger partial charge is 0.255 e. The molecule has 2 aromatic carbocycles. The van der Waals surface area contributed by atoms with Crippen LogP contribution in [0.3, 0.4) is 0 Å². The third kappa shape index (κ3) is 2.84. The molecule has 0 aliphatic carbocycles. The molecule has 0 aliphatic heterocycles. The monoisotopic (exact) mass is 267 g/mol. The third-order valence-electron chi connectivity index (χ3n) is 2.26. The van der Waals surface area contributed by atoms with Crippen molar-refractivity contribution in [3.05, 3.63) is 64.7 Å². The summed E-state index contributed by atoms with van der Waals surface area (Å²) in [6.45, 7) is 0. The largest absolute Gasteiger partial charge is 0.322 e. The van der Waals surface area contributed by atoms with Gasteiger partial charge in [-0.15, -0.1) is 0 Å². The van der Waals surface area contributed by atoms with Gasteiger partial charge in [0.05, 0.1) is 5.02 Å². The highest BCUT2D eigenvalue weighted by Gasteiger charge is 2.08. The molecule has 0 aromatic heterocycles. The molecular formula is C13H8ClF2NO. The van der Waals surface area contributed by atoms with Crippen LogP contribution >= 0.6 is 11.6 Å². The predicted molar refractivity (Wildman–Crippen MR) is 65.8 cm³/mol. The molecule has 0 atom stereocenters. The van der Waals surface area contributed by atoms with E-state index in [0.29, 0.717) is 5.69 Å². The summed E-state index contributed by atoms with van der Waals surface area (Å²) in [5, 5.41) is 2.41. The van der Waals surface area contributed by atoms with Crippen LogP contribution in [0.4, 0.5) is 14.5 Å². The summed E-state index contributed by atoms with van der Waals surface area (Å²) in [6.07, 6.45) is 0. The van der Waals surface area contributed by atoms with Gasteiger partial charge in [0.1, 0.15) is 11.6 Å². The normalized spacial score (nSPS) is 10.2. The van der Waals surface area contributed by atoms with E-state index >= 15 is 0 Å². The van der Waals surface area contributed by atoms with E-state index in [1.807, 2.05) is 0 Å². The van der Waals surface area contributed by atoms with Crippen LogP contribution in [0, 0.1) is 11.6 Å². The summed E-state index contributed by atoms with van der Waals surface area (Å²) in [7, 11) is 0. The van der Waals surface area contributed by atoms with E-state index in [-0.39, 0.29) is 10.6 Å². The van der Waals surface area contributed by atoms with Crippen molar-refractivity contribution < 1.29 is 13.6 Å². The molecule has 0 saturated carbocycles. The summed E-state index contributed by atoms with van der Waals surface area (Å²) in [5.74, 6) is -1.56. The maximum absolute atomic E-state index is 12.9. The number of hydrogen-bond donors (Lipinski definition) is 1. The molecule has 0 spiro atoms. The molecule has 0 saturated heterocycles. The second kappa shape index (κ2) is 5.14. The first-order chi connectivity index (χ1) is 8.56. The second-order valence-corrected chi connectivity index (χ2v) is 4.00. The molecular weight excluding hydrogens is 260 g/mol. The number of nitrogens with one attached hydrogen (secondary N) is 1. The second-order valence-electron chi connectivity index (χ2n) is 3.59. The lowest BCUT2D eigenvalue weighted by Gasteiger charge is -2.06. The van der Waals surface area contributed by atoms with Crippen molar-refractivity contribution in [1.29, 1.82) is 0 Å². The van der Waals surface area contributed by atoms with Crippen LogP contribution in [-0.2, 0) is 0 Å². The molecule has 2 nitrogen and oxygen atoms in total. The van der Waals surface area contributed by atoms with Crippen LogP contribution in [0.1, 0.15) is 10.4 Å². The van der Waals surface area contributed by atoms with E-state index in [1.54, 1.807) is 0 Å². The van der Waals surface area contributed by atoms with Crippen molar-refractivity contribution in [1.82, 2.24) is 0 Å². The van der Waals surface area contributed by atoms with Gasteiger partial charge in [0.2, 0.25) is 0 Å². The zero-order chi connectivity index (χ0) is 13.1. The fraction of sp³-hybridized carbons (Fsp3) is 0. The van der Waals surface area contributed by atoms with Gasteiger partial charge >= 0.3 is 0 Å². The Hall–Kier alpha value is -1.94. The molecule has 0 heterocycles. The van der Waals surface area contributed by atoms with Crippen molar-refractivity contribution in [2.45, 2.75) is 0 Å². The lowest BCUT2D eigenvalue weighted by molar-refractivity contribution is 0.102. The van der Waals surface area contributed by atoms with E-state index in [1.165, 1.54) is 30.3 Å². The highest BCUT2D eigenvalue weighted by molar-refractivity contribution is 6.31. The van der Waals surface area contributed by atoms with Crippen molar-refractivity contribution >= 4 is 23.2 Å². The number of anilines is 1. The molecule has 2 aromatic rings. The Bertz CT molecular complexity index is 601. The number of hydrogen-bond acceptors (Lipinski definition) is 1. The fourth-order valence-corrected chi connectivity index (χ4v) is 1.59. The van der Waals surface area contributed by atoms with Crippen molar-refractivity contribution in [2.24, 2.45) is 0 Å². The van der Waals surface area contributed by atoms with Crippen LogP contribution in [-0.4, -0.2) is 5.91 Å². The summed E-state index contributed by atoms with van der Waals surface area (Å²) in [5.41, 5.74) is 0.520. The first kappa shape index (κ1) is 12.5. The van der Waals surface area contributed by atoms with E-state index < -0.39 is 17.5 Å². The Balaban J connectivity index is 2.18. The van der Waals surface area contributed by atoms with Gasteiger partial charge in [0.25, 0.3) is 5.91 Å². The van der Waals surface area contributed by atoms with E-state index in [0.717, 1.165) is 12.1 Å². The Kier molecular flexibility index (Phi) is 3.58. The molecule has 0 radical (unpaired) electrons. The molecule has 2 rings (SSSR count). The standard InChI is InChI=1S/C13H8ClF2NO/c14-11-7-10(4-5-12(11)16)17-13(18)8-2-1-3-9(15)6-8/h1-7H,(H,17,18). The molecule has 92 valence electrons. The number of halogens is 3. The van der Waals surface area contributed by atoms with Crippen molar-refractivity contribution in [3.8, 4) is 0 Å². The third-order valence-corrected chi connectivity index (χ3v) is 2.55. The quantitative estimate of drug-likeness (QED) is 0.879. The molecule has 0 aliphatic rings. The number of benzene rings is 2. The average molecular weight is 268 g/mol. The first-order valence-electron chi connectivity index (χ1n) is 5.08. The maximum atomic E-state index is 12.9. The highest BCUT2D eigenvalue weighted by atomic mass is 35.5. The summed E-state index contributed by atoms with van der Waals surface area (Å²) >= 11 is 5.58. The predicted octanol–water partition coefficient (Wildman–Crippen LogP) is 3.87. The zero-order valence-corrected chi connectivity index (χ0v) is 9.84. The van der Waals surface area contributed by atoms with Crippen molar-refractivity contribution in [3.63, 3.8) is 0 Å². The SMILES string of the molecule is O=C(Nc1ccc(F)c(Cl)c1)c1cccc(F)c1. The Labute approximate surface area is 107 Å². The molecule has 5 heteroatoms. The molecule has 0 bridgehead atoms. The highest BCUT2D eigenvalue weighted by Crippen LogP contribution is 2.20. The van der Waals surface area contributed by atoms with Gasteiger partial charge in [-0.1, -0.05) is 17.7 Å². The minimum absolute atomic E-state index is 0.0907. The van der Waals surface area contributed by atoms with Gasteiger partial charge in [-0.05, 0) is 36.4 Å². The van der Waals surface area contributed by atoms with Crippen LogP contribution in [0.5, 0.6) is 0 Å². The number of amides is 1. The fourth-order valence-electron chi connectivity index (χ4n) is 1.41. The Morgan fingerprint density at radius 2 is 1.89 bits per heavy atom. The molecule has 1 amide bonds. The van der Waals surface area contributed by atoms with Crippen LogP contribution in [0.2, 0.25) is 5.02 Å². The number of rotatable bonds is 2. The minimum Gasteiger partial charge on any atom is -0.322 e. The van der Waals surface area contributed by atoms with Crippen LogP contribution in [0.25, 0.3) is 0 Å². The Morgan fingerprint density at radius 3 is 2.56 bits per heavy atom. The minimum atomic E-state index is -0.569. The van der Waals surface area contributed by atoms with E-state index in [4.69, 9.17) is 11.6 Å². The molecule has 1 N–H and O–H groups in total. The number of carbonyl (C=O) groups excluding carboxylic acids is 1.